The van der Waals surface area contributed by atoms with Crippen molar-refractivity contribution in [2.75, 3.05) is 31.1 Å². The molecule has 1 aliphatic heterocycles. The Bertz CT molecular complexity index is 1280. The first kappa shape index (κ1) is 20.5. The van der Waals surface area contributed by atoms with Crippen LogP contribution in [0.25, 0.3) is 16.7 Å². The van der Waals surface area contributed by atoms with Gasteiger partial charge in [0.25, 0.3) is 5.91 Å². The number of rotatable bonds is 3. The van der Waals surface area contributed by atoms with Crippen molar-refractivity contribution in [3.05, 3.63) is 82.9 Å². The summed E-state index contributed by atoms with van der Waals surface area (Å²) in [4.78, 5) is 21.7. The Morgan fingerprint density at radius 2 is 1.66 bits per heavy atom. The van der Waals surface area contributed by atoms with Gasteiger partial charge < -0.3 is 9.80 Å². The summed E-state index contributed by atoms with van der Waals surface area (Å²) in [5.74, 6) is -0.402. The Morgan fingerprint density at radius 1 is 0.969 bits per heavy atom. The maximum atomic E-state index is 13.2. The quantitative estimate of drug-likeness (QED) is 0.462. The van der Waals surface area contributed by atoms with Gasteiger partial charge in [-0.1, -0.05) is 29.8 Å². The van der Waals surface area contributed by atoms with Gasteiger partial charge in [-0.3, -0.25) is 4.79 Å². The molecule has 3 heterocycles. The molecule has 1 saturated heterocycles. The van der Waals surface area contributed by atoms with E-state index >= 15 is 0 Å². The van der Waals surface area contributed by atoms with E-state index in [9.17, 15) is 9.18 Å². The first-order valence-electron chi connectivity index (χ1n) is 10.4. The second kappa shape index (κ2) is 8.24. The number of amides is 1. The summed E-state index contributed by atoms with van der Waals surface area (Å²) < 4.78 is 14.9. The van der Waals surface area contributed by atoms with Gasteiger partial charge in [0, 0.05) is 38.1 Å². The highest BCUT2D eigenvalue weighted by molar-refractivity contribution is 6.38. The molecule has 162 valence electrons. The van der Waals surface area contributed by atoms with Crippen LogP contribution in [0.15, 0.2) is 60.8 Å². The van der Waals surface area contributed by atoms with Gasteiger partial charge in [0.1, 0.15) is 5.82 Å². The van der Waals surface area contributed by atoms with E-state index in [0.29, 0.717) is 47.8 Å². The van der Waals surface area contributed by atoms with Crippen molar-refractivity contribution < 1.29 is 9.18 Å². The number of nitrogens with zero attached hydrogens (tertiary/aromatic N) is 5. The summed E-state index contributed by atoms with van der Waals surface area (Å²) in [6.45, 7) is 4.29. The van der Waals surface area contributed by atoms with Crippen LogP contribution in [0, 0.1) is 12.7 Å². The van der Waals surface area contributed by atoms with Crippen LogP contribution >= 0.6 is 11.6 Å². The monoisotopic (exact) mass is 449 g/mol. The highest BCUT2D eigenvalue weighted by atomic mass is 35.5. The molecule has 0 N–H and O–H groups in total. The zero-order valence-corrected chi connectivity index (χ0v) is 18.3. The molecule has 2 aromatic carbocycles. The van der Waals surface area contributed by atoms with Gasteiger partial charge in [-0.05, 0) is 43.3 Å². The molecule has 0 bridgehead atoms. The standard InChI is InChI=1S/C24H21ClFN5O/c1-16-21-22(25)20(15-27-23(21)31(28-16)19-5-3-2-4-6-19)24(32)30-13-11-29(12-14-30)18-9-7-17(26)8-10-18/h2-10,15H,11-14H2,1H3. The fraction of sp³-hybridized carbons (Fsp3) is 0.208. The molecule has 32 heavy (non-hydrogen) atoms. The highest BCUT2D eigenvalue weighted by Gasteiger charge is 2.26. The Labute approximate surface area is 189 Å². The maximum Gasteiger partial charge on any atom is 0.257 e. The Morgan fingerprint density at radius 3 is 2.34 bits per heavy atom. The lowest BCUT2D eigenvalue weighted by molar-refractivity contribution is 0.0746. The molecule has 0 radical (unpaired) electrons. The van der Waals surface area contributed by atoms with Gasteiger partial charge in [0.15, 0.2) is 5.65 Å². The molecule has 2 aromatic heterocycles. The molecule has 0 saturated carbocycles. The summed E-state index contributed by atoms with van der Waals surface area (Å²) in [7, 11) is 0. The van der Waals surface area contributed by atoms with Gasteiger partial charge >= 0.3 is 0 Å². The Kier molecular flexibility index (Phi) is 5.27. The molecule has 1 aliphatic rings. The van der Waals surface area contributed by atoms with Gasteiger partial charge in [-0.2, -0.15) is 5.10 Å². The number of piperazine rings is 1. The molecular weight excluding hydrogens is 429 g/mol. The first-order valence-corrected chi connectivity index (χ1v) is 10.8. The van der Waals surface area contributed by atoms with E-state index in [-0.39, 0.29) is 11.7 Å². The summed E-state index contributed by atoms with van der Waals surface area (Å²) in [5, 5.41) is 5.66. The number of halogens is 2. The summed E-state index contributed by atoms with van der Waals surface area (Å²) in [6.07, 6.45) is 1.54. The third-order valence-electron chi connectivity index (χ3n) is 5.80. The van der Waals surface area contributed by atoms with Crippen molar-refractivity contribution >= 4 is 34.2 Å². The lowest BCUT2D eigenvalue weighted by Gasteiger charge is -2.36. The average Bonchev–Trinajstić information content (AvgIpc) is 3.17. The third kappa shape index (κ3) is 3.58. The number of benzene rings is 2. The summed E-state index contributed by atoms with van der Waals surface area (Å²) >= 11 is 6.71. The molecule has 1 amide bonds. The predicted octanol–water partition coefficient (Wildman–Crippen LogP) is 4.48. The van der Waals surface area contributed by atoms with Crippen LogP contribution in [-0.4, -0.2) is 51.8 Å². The first-order chi connectivity index (χ1) is 15.5. The fourth-order valence-electron chi connectivity index (χ4n) is 4.10. The van der Waals surface area contributed by atoms with E-state index in [1.165, 1.54) is 12.1 Å². The lowest BCUT2D eigenvalue weighted by atomic mass is 10.1. The Balaban J connectivity index is 1.39. The van der Waals surface area contributed by atoms with Gasteiger partial charge in [0.05, 0.1) is 27.4 Å². The number of anilines is 1. The second-order valence-corrected chi connectivity index (χ2v) is 8.15. The lowest BCUT2D eigenvalue weighted by Crippen LogP contribution is -2.48. The summed E-state index contributed by atoms with van der Waals surface area (Å²) in [5.41, 5.74) is 3.55. The van der Waals surface area contributed by atoms with Gasteiger partial charge in [-0.25, -0.2) is 14.1 Å². The van der Waals surface area contributed by atoms with Crippen LogP contribution in [0.5, 0.6) is 0 Å². The second-order valence-electron chi connectivity index (χ2n) is 7.77. The molecule has 0 atom stereocenters. The van der Waals surface area contributed by atoms with Crippen LogP contribution in [0.1, 0.15) is 16.1 Å². The fourth-order valence-corrected chi connectivity index (χ4v) is 4.45. The molecule has 5 rings (SSSR count). The van der Waals surface area contributed by atoms with Gasteiger partial charge in [0.2, 0.25) is 0 Å². The number of para-hydroxylation sites is 1. The van der Waals surface area contributed by atoms with Crippen LogP contribution in [0.4, 0.5) is 10.1 Å². The Hall–Kier alpha value is -3.45. The van der Waals surface area contributed by atoms with Gasteiger partial charge in [-0.15, -0.1) is 0 Å². The van der Waals surface area contributed by atoms with E-state index in [1.807, 2.05) is 37.3 Å². The highest BCUT2D eigenvalue weighted by Crippen LogP contribution is 2.31. The van der Waals surface area contributed by atoms with Crippen LogP contribution in [0.3, 0.4) is 0 Å². The van der Waals surface area contributed by atoms with Crippen molar-refractivity contribution in [1.29, 1.82) is 0 Å². The SMILES string of the molecule is Cc1nn(-c2ccccc2)c2ncc(C(=O)N3CCN(c4ccc(F)cc4)CC3)c(Cl)c12. The van der Waals surface area contributed by atoms with E-state index in [1.54, 1.807) is 27.9 Å². The number of pyridine rings is 1. The van der Waals surface area contributed by atoms with Crippen molar-refractivity contribution in [2.24, 2.45) is 0 Å². The van der Waals surface area contributed by atoms with E-state index < -0.39 is 0 Å². The van der Waals surface area contributed by atoms with Crippen LogP contribution in [-0.2, 0) is 0 Å². The van der Waals surface area contributed by atoms with Crippen LogP contribution < -0.4 is 4.90 Å². The molecule has 4 aromatic rings. The number of aryl methyl sites for hydroxylation is 1. The molecule has 6 nitrogen and oxygen atoms in total. The minimum Gasteiger partial charge on any atom is -0.368 e. The normalized spacial score (nSPS) is 14.2. The van der Waals surface area contributed by atoms with E-state index in [4.69, 9.17) is 11.6 Å². The summed E-state index contributed by atoms with van der Waals surface area (Å²) in [6, 6.07) is 16.1. The number of hydrogen-bond donors (Lipinski definition) is 0. The van der Waals surface area contributed by atoms with Crippen molar-refractivity contribution in [2.45, 2.75) is 6.92 Å². The number of carbonyl (C=O) groups excluding carboxylic acids is 1. The molecule has 1 fully saturated rings. The number of carbonyl (C=O) groups is 1. The topological polar surface area (TPSA) is 54.3 Å². The van der Waals surface area contributed by atoms with Crippen LogP contribution in [0.2, 0.25) is 5.02 Å². The minimum atomic E-state index is -0.258. The number of fused-ring (bicyclic) bond motifs is 1. The zero-order valence-electron chi connectivity index (χ0n) is 17.5. The largest absolute Gasteiger partial charge is 0.368 e. The minimum absolute atomic E-state index is 0.144. The maximum absolute atomic E-state index is 13.2. The molecular formula is C24H21ClFN5O. The van der Waals surface area contributed by atoms with E-state index in [2.05, 4.69) is 15.0 Å². The van der Waals surface area contributed by atoms with E-state index in [0.717, 1.165) is 17.1 Å². The molecule has 8 heteroatoms. The van der Waals surface area contributed by atoms with Crippen molar-refractivity contribution in [1.82, 2.24) is 19.7 Å². The number of aromatic nitrogens is 3. The third-order valence-corrected chi connectivity index (χ3v) is 6.19. The zero-order chi connectivity index (χ0) is 22.2. The molecule has 0 aliphatic carbocycles. The predicted molar refractivity (Wildman–Crippen MR) is 123 cm³/mol. The average molecular weight is 450 g/mol. The number of hydrogen-bond acceptors (Lipinski definition) is 4. The molecule has 0 unspecified atom stereocenters. The molecule has 0 spiro atoms. The smallest absolute Gasteiger partial charge is 0.257 e. The van der Waals surface area contributed by atoms with Crippen molar-refractivity contribution in [3.8, 4) is 5.69 Å². The van der Waals surface area contributed by atoms with Crippen molar-refractivity contribution in [3.63, 3.8) is 0 Å².